The number of carbonyl (C=O) groups excluding carboxylic acids is 2. The Morgan fingerprint density at radius 1 is 0.958 bits per heavy atom. The van der Waals surface area contributed by atoms with Crippen molar-refractivity contribution in [2.45, 2.75) is 6.42 Å². The van der Waals surface area contributed by atoms with Gasteiger partial charge in [-0.25, -0.2) is 4.39 Å². The normalized spacial score (nSPS) is 10.1. The van der Waals surface area contributed by atoms with E-state index in [4.69, 9.17) is 27.9 Å². The molecule has 0 aliphatic heterocycles. The molecule has 0 saturated heterocycles. The lowest BCUT2D eigenvalue weighted by molar-refractivity contribution is -0.129. The lowest BCUT2D eigenvalue weighted by Gasteiger charge is -2.10. The molecule has 5 nitrogen and oxygen atoms in total. The van der Waals surface area contributed by atoms with Crippen LogP contribution in [0.5, 0.6) is 5.75 Å². The molecule has 0 heterocycles. The predicted octanol–water partition coefficient (Wildman–Crippen LogP) is 2.90. The van der Waals surface area contributed by atoms with Gasteiger partial charge in [0.15, 0.2) is 18.2 Å². The SMILES string of the molecule is O=C(COc1ccccc1F)NNC(=O)Cc1c(Cl)cccc1Cl. The quantitative estimate of drug-likeness (QED) is 0.795. The molecule has 2 aromatic carbocycles. The molecule has 0 aliphatic carbocycles. The molecule has 0 atom stereocenters. The van der Waals surface area contributed by atoms with Crippen molar-refractivity contribution < 1.29 is 18.7 Å². The Kier molecular flexibility index (Phi) is 6.40. The summed E-state index contributed by atoms with van der Waals surface area (Å²) in [6.07, 6.45) is -0.104. The summed E-state index contributed by atoms with van der Waals surface area (Å²) in [4.78, 5) is 23.4. The molecule has 0 bridgehead atoms. The summed E-state index contributed by atoms with van der Waals surface area (Å²) in [5, 5.41) is 0.707. The van der Waals surface area contributed by atoms with Crippen LogP contribution in [0.3, 0.4) is 0 Å². The Bertz CT molecular complexity index is 736. The summed E-state index contributed by atoms with van der Waals surface area (Å²) in [6.45, 7) is -0.450. The Morgan fingerprint density at radius 3 is 2.25 bits per heavy atom. The molecule has 0 aromatic heterocycles. The zero-order valence-electron chi connectivity index (χ0n) is 12.3. The van der Waals surface area contributed by atoms with Crippen molar-refractivity contribution in [1.82, 2.24) is 10.9 Å². The number of ether oxygens (including phenoxy) is 1. The Hall–Kier alpha value is -2.31. The monoisotopic (exact) mass is 370 g/mol. The van der Waals surface area contributed by atoms with E-state index in [-0.39, 0.29) is 12.2 Å². The van der Waals surface area contributed by atoms with Crippen LogP contribution in [0.1, 0.15) is 5.56 Å². The van der Waals surface area contributed by atoms with Crippen LogP contribution in [0.2, 0.25) is 10.0 Å². The lowest BCUT2D eigenvalue weighted by Crippen LogP contribution is -2.44. The summed E-state index contributed by atoms with van der Waals surface area (Å²) >= 11 is 11.9. The molecule has 0 fully saturated rings. The molecule has 8 heteroatoms. The summed E-state index contributed by atoms with van der Waals surface area (Å²) in [5.74, 6) is -1.79. The van der Waals surface area contributed by atoms with E-state index in [1.807, 2.05) is 0 Å². The number of hydrogen-bond donors (Lipinski definition) is 2. The van der Waals surface area contributed by atoms with Gasteiger partial charge < -0.3 is 4.74 Å². The molecule has 2 aromatic rings. The minimum absolute atomic E-state index is 0.0539. The first-order valence-corrected chi connectivity index (χ1v) is 7.61. The van der Waals surface area contributed by atoms with E-state index < -0.39 is 24.2 Å². The van der Waals surface area contributed by atoms with E-state index in [2.05, 4.69) is 10.9 Å². The molecule has 24 heavy (non-hydrogen) atoms. The van der Waals surface area contributed by atoms with Crippen LogP contribution in [0.25, 0.3) is 0 Å². The fraction of sp³-hybridized carbons (Fsp3) is 0.125. The number of benzene rings is 2. The van der Waals surface area contributed by atoms with Gasteiger partial charge in [0.25, 0.3) is 5.91 Å². The number of hydrazine groups is 1. The van der Waals surface area contributed by atoms with Crippen LogP contribution in [-0.2, 0) is 16.0 Å². The van der Waals surface area contributed by atoms with Gasteiger partial charge in [-0.05, 0) is 29.8 Å². The molecule has 126 valence electrons. The first kappa shape index (κ1) is 18.0. The highest BCUT2D eigenvalue weighted by Gasteiger charge is 2.12. The summed E-state index contributed by atoms with van der Waals surface area (Å²) in [6, 6.07) is 10.6. The highest BCUT2D eigenvalue weighted by Crippen LogP contribution is 2.24. The summed E-state index contributed by atoms with van der Waals surface area (Å²) in [5.41, 5.74) is 4.82. The molecule has 0 radical (unpaired) electrons. The Balaban J connectivity index is 1.79. The average Bonchev–Trinajstić information content (AvgIpc) is 2.56. The van der Waals surface area contributed by atoms with E-state index >= 15 is 0 Å². The van der Waals surface area contributed by atoms with Gasteiger partial charge in [-0.3, -0.25) is 20.4 Å². The van der Waals surface area contributed by atoms with Crippen LogP contribution in [0.4, 0.5) is 4.39 Å². The number of rotatable bonds is 5. The van der Waals surface area contributed by atoms with Gasteiger partial charge in [-0.15, -0.1) is 0 Å². The van der Waals surface area contributed by atoms with Crippen LogP contribution in [0, 0.1) is 5.82 Å². The van der Waals surface area contributed by atoms with Crippen molar-refractivity contribution >= 4 is 35.0 Å². The standard InChI is InChI=1S/C16H13Cl2FN2O3/c17-11-4-3-5-12(18)10(11)8-15(22)20-21-16(23)9-24-14-7-2-1-6-13(14)19/h1-7H,8-9H2,(H,20,22)(H,21,23). The average molecular weight is 371 g/mol. The van der Waals surface area contributed by atoms with Crippen molar-refractivity contribution in [2.24, 2.45) is 0 Å². The van der Waals surface area contributed by atoms with Gasteiger partial charge in [0.05, 0.1) is 6.42 Å². The van der Waals surface area contributed by atoms with Gasteiger partial charge in [-0.1, -0.05) is 41.4 Å². The number of amides is 2. The largest absolute Gasteiger partial charge is 0.481 e. The molecule has 2 rings (SSSR count). The first-order chi connectivity index (χ1) is 11.5. The van der Waals surface area contributed by atoms with Crippen molar-refractivity contribution in [2.75, 3.05) is 6.61 Å². The highest BCUT2D eigenvalue weighted by molar-refractivity contribution is 6.36. The summed E-state index contributed by atoms with van der Waals surface area (Å²) in [7, 11) is 0. The second-order valence-corrected chi connectivity index (χ2v) is 5.51. The van der Waals surface area contributed by atoms with Crippen molar-refractivity contribution in [3.8, 4) is 5.75 Å². The molecular weight excluding hydrogens is 358 g/mol. The third-order valence-corrected chi connectivity index (χ3v) is 3.64. The van der Waals surface area contributed by atoms with Gasteiger partial charge >= 0.3 is 0 Å². The molecule has 0 spiro atoms. The van der Waals surface area contributed by atoms with Crippen LogP contribution < -0.4 is 15.6 Å². The van der Waals surface area contributed by atoms with E-state index in [1.165, 1.54) is 18.2 Å². The number of nitrogens with one attached hydrogen (secondary N) is 2. The second kappa shape index (κ2) is 8.52. The van der Waals surface area contributed by atoms with E-state index in [0.717, 1.165) is 0 Å². The van der Waals surface area contributed by atoms with Crippen molar-refractivity contribution in [3.05, 3.63) is 63.9 Å². The third kappa shape index (κ3) is 5.11. The number of halogens is 3. The smallest absolute Gasteiger partial charge is 0.276 e. The zero-order chi connectivity index (χ0) is 17.5. The third-order valence-electron chi connectivity index (χ3n) is 2.94. The van der Waals surface area contributed by atoms with Crippen LogP contribution >= 0.6 is 23.2 Å². The van der Waals surface area contributed by atoms with Crippen LogP contribution in [-0.4, -0.2) is 18.4 Å². The fourth-order valence-corrected chi connectivity index (χ4v) is 2.32. The van der Waals surface area contributed by atoms with Gasteiger partial charge in [0.1, 0.15) is 0 Å². The summed E-state index contributed by atoms with van der Waals surface area (Å²) < 4.78 is 18.3. The molecule has 0 aliphatic rings. The maximum absolute atomic E-state index is 13.3. The fourth-order valence-electron chi connectivity index (χ4n) is 1.79. The lowest BCUT2D eigenvalue weighted by atomic mass is 10.1. The molecule has 2 amide bonds. The molecule has 2 N–H and O–H groups in total. The number of carbonyl (C=O) groups is 2. The van der Waals surface area contributed by atoms with E-state index in [9.17, 15) is 14.0 Å². The maximum Gasteiger partial charge on any atom is 0.276 e. The highest BCUT2D eigenvalue weighted by atomic mass is 35.5. The molecule has 0 unspecified atom stereocenters. The van der Waals surface area contributed by atoms with E-state index in [0.29, 0.717) is 15.6 Å². The van der Waals surface area contributed by atoms with Gasteiger partial charge in [-0.2, -0.15) is 0 Å². The van der Waals surface area contributed by atoms with Crippen molar-refractivity contribution in [1.29, 1.82) is 0 Å². The van der Waals surface area contributed by atoms with Gasteiger partial charge in [0.2, 0.25) is 5.91 Å². The van der Waals surface area contributed by atoms with Gasteiger partial charge in [0, 0.05) is 10.0 Å². The topological polar surface area (TPSA) is 67.4 Å². The maximum atomic E-state index is 13.3. The van der Waals surface area contributed by atoms with Crippen LogP contribution in [0.15, 0.2) is 42.5 Å². The second-order valence-electron chi connectivity index (χ2n) is 4.69. The van der Waals surface area contributed by atoms with Crippen molar-refractivity contribution in [3.63, 3.8) is 0 Å². The Morgan fingerprint density at radius 2 is 1.58 bits per heavy atom. The molecule has 0 saturated carbocycles. The minimum atomic E-state index is -0.642. The predicted molar refractivity (Wildman–Crippen MR) is 88.3 cm³/mol. The Labute approximate surface area is 147 Å². The zero-order valence-corrected chi connectivity index (χ0v) is 13.8. The molecular formula is C16H13Cl2FN2O3. The first-order valence-electron chi connectivity index (χ1n) is 6.85. The minimum Gasteiger partial charge on any atom is -0.481 e. The number of hydrogen-bond acceptors (Lipinski definition) is 3. The van der Waals surface area contributed by atoms with E-state index in [1.54, 1.807) is 24.3 Å². The number of para-hydroxylation sites is 1.